The first kappa shape index (κ1) is 19.6. The summed E-state index contributed by atoms with van der Waals surface area (Å²) in [5.74, 6) is 1.54. The average Bonchev–Trinajstić information content (AvgIpc) is 3.29. The van der Waals surface area contributed by atoms with Gasteiger partial charge in [0.2, 0.25) is 6.33 Å². The Balaban J connectivity index is 1.43. The molecule has 164 valence electrons. The van der Waals surface area contributed by atoms with Crippen molar-refractivity contribution in [2.45, 2.75) is 0 Å². The van der Waals surface area contributed by atoms with Crippen LogP contribution in [-0.4, -0.2) is 9.97 Å². The lowest BCUT2D eigenvalue weighted by atomic mass is 10.1. The van der Waals surface area contributed by atoms with Gasteiger partial charge in [-0.15, -0.1) is 0 Å². The molecule has 0 saturated carbocycles. The van der Waals surface area contributed by atoms with E-state index in [1.807, 2.05) is 73.1 Å². The summed E-state index contributed by atoms with van der Waals surface area (Å²) < 4.78 is 8.14. The highest BCUT2D eigenvalue weighted by Gasteiger charge is 2.20. The van der Waals surface area contributed by atoms with E-state index in [9.17, 15) is 0 Å². The maximum absolute atomic E-state index is 6.08. The highest BCUT2D eigenvalue weighted by Crippen LogP contribution is 2.32. The summed E-state index contributed by atoms with van der Waals surface area (Å²) in [6, 6.07) is 39.2. The van der Waals surface area contributed by atoms with E-state index < -0.39 is 0 Å². The van der Waals surface area contributed by atoms with Gasteiger partial charge in [0.1, 0.15) is 16.9 Å². The van der Waals surface area contributed by atoms with Gasteiger partial charge in [0, 0.05) is 10.8 Å². The lowest BCUT2D eigenvalue weighted by Gasteiger charge is -2.08. The van der Waals surface area contributed by atoms with Crippen molar-refractivity contribution in [1.29, 1.82) is 0 Å². The van der Waals surface area contributed by atoms with Crippen LogP contribution in [0.2, 0.25) is 0 Å². The number of para-hydroxylation sites is 1. The normalized spacial score (nSPS) is 11.4. The lowest BCUT2D eigenvalue weighted by molar-refractivity contribution is -0.590. The maximum atomic E-state index is 6.08. The number of benzene rings is 5. The monoisotopic (exact) mass is 450 g/mol. The summed E-state index contributed by atoms with van der Waals surface area (Å²) in [7, 11) is 0. The van der Waals surface area contributed by atoms with Crippen LogP contribution in [0.25, 0.3) is 61.2 Å². The molecule has 2 aromatic heterocycles. The van der Waals surface area contributed by atoms with Crippen LogP contribution in [0.15, 0.2) is 126 Å². The van der Waals surface area contributed by atoms with E-state index in [1.165, 1.54) is 0 Å². The van der Waals surface area contributed by atoms with Crippen LogP contribution >= 0.6 is 0 Å². The van der Waals surface area contributed by atoms with E-state index in [2.05, 4.69) is 53.1 Å². The van der Waals surface area contributed by atoms with Crippen LogP contribution in [0, 0.1) is 0 Å². The fraction of sp³-hybridized carbons (Fsp3) is 0. The topological polar surface area (TPSA) is 42.8 Å². The minimum atomic E-state index is 0.702. The molecule has 0 aliphatic rings. The quantitative estimate of drug-likeness (QED) is 0.269. The Bertz CT molecular complexity index is 1840. The molecule has 4 heteroatoms. The van der Waals surface area contributed by atoms with E-state index in [-0.39, 0.29) is 0 Å². The minimum absolute atomic E-state index is 0.702. The second-order valence-corrected chi connectivity index (χ2v) is 8.58. The third-order valence-corrected chi connectivity index (χ3v) is 6.40. The molecule has 0 fully saturated rings. The molecule has 7 rings (SSSR count). The van der Waals surface area contributed by atoms with Crippen molar-refractivity contribution < 1.29 is 8.98 Å². The van der Waals surface area contributed by atoms with E-state index in [0.717, 1.165) is 55.3 Å². The van der Waals surface area contributed by atoms with Crippen molar-refractivity contribution in [3.05, 3.63) is 122 Å². The Morgan fingerprint density at radius 2 is 1.31 bits per heavy atom. The molecule has 4 nitrogen and oxygen atoms in total. The third kappa shape index (κ3) is 3.35. The molecular formula is C31H20N3O+. The van der Waals surface area contributed by atoms with Gasteiger partial charge in [0.25, 0.3) is 5.82 Å². The average molecular weight is 451 g/mol. The summed E-state index contributed by atoms with van der Waals surface area (Å²) in [6.07, 6.45) is 1.87. The second kappa shape index (κ2) is 7.89. The van der Waals surface area contributed by atoms with Gasteiger partial charge in [-0.3, -0.25) is 0 Å². The zero-order valence-corrected chi connectivity index (χ0v) is 18.8. The summed E-state index contributed by atoms with van der Waals surface area (Å²) in [5, 5.41) is 4.52. The number of nitrogens with zero attached hydrogens (tertiary/aromatic N) is 3. The number of hydrogen-bond donors (Lipinski definition) is 0. The van der Waals surface area contributed by atoms with Crippen molar-refractivity contribution in [2.24, 2.45) is 0 Å². The first-order valence-electron chi connectivity index (χ1n) is 11.6. The maximum Gasteiger partial charge on any atom is 0.307 e. The standard InChI is InChI=1S/C31H20N3O/c1-3-9-21(10-4-1)30-32-20-34(31(33-30)22-11-5-2-6-12-22)25-16-15-23-19-29-27(18-24(23)17-25)26-13-7-8-14-28(26)35-29/h1-20H/q+1. The Morgan fingerprint density at radius 1 is 0.571 bits per heavy atom. The molecule has 0 atom stereocenters. The Kier molecular flexibility index (Phi) is 4.42. The summed E-state index contributed by atoms with van der Waals surface area (Å²) >= 11 is 0. The van der Waals surface area contributed by atoms with Gasteiger partial charge in [0.15, 0.2) is 0 Å². The van der Waals surface area contributed by atoms with E-state index >= 15 is 0 Å². The van der Waals surface area contributed by atoms with Crippen molar-refractivity contribution >= 4 is 32.7 Å². The first-order chi connectivity index (χ1) is 17.3. The largest absolute Gasteiger partial charge is 0.456 e. The van der Waals surface area contributed by atoms with E-state index in [1.54, 1.807) is 0 Å². The smallest absolute Gasteiger partial charge is 0.307 e. The molecule has 0 saturated heterocycles. The predicted molar refractivity (Wildman–Crippen MR) is 139 cm³/mol. The van der Waals surface area contributed by atoms with Gasteiger partial charge in [-0.25, -0.2) is 0 Å². The molecule has 0 N–H and O–H groups in total. The van der Waals surface area contributed by atoms with Crippen LogP contribution in [0.4, 0.5) is 0 Å². The van der Waals surface area contributed by atoms with Gasteiger partial charge in [-0.2, -0.15) is 4.57 Å². The van der Waals surface area contributed by atoms with Crippen LogP contribution < -0.4 is 4.57 Å². The van der Waals surface area contributed by atoms with Crippen molar-refractivity contribution in [1.82, 2.24) is 9.97 Å². The zero-order chi connectivity index (χ0) is 23.2. The van der Waals surface area contributed by atoms with Gasteiger partial charge in [-0.05, 0) is 65.4 Å². The summed E-state index contributed by atoms with van der Waals surface area (Å²) in [5.41, 5.74) is 4.83. The van der Waals surface area contributed by atoms with Crippen molar-refractivity contribution in [3.63, 3.8) is 0 Å². The molecule has 35 heavy (non-hydrogen) atoms. The van der Waals surface area contributed by atoms with E-state index in [4.69, 9.17) is 14.4 Å². The van der Waals surface area contributed by atoms with Crippen LogP contribution in [0.1, 0.15) is 0 Å². The Hall–Kier alpha value is -4.83. The Morgan fingerprint density at radius 3 is 2.14 bits per heavy atom. The summed E-state index contributed by atoms with van der Waals surface area (Å²) in [4.78, 5) is 9.70. The minimum Gasteiger partial charge on any atom is -0.456 e. The van der Waals surface area contributed by atoms with Gasteiger partial charge in [-0.1, -0.05) is 70.6 Å². The van der Waals surface area contributed by atoms with Gasteiger partial charge in [0.05, 0.1) is 11.1 Å². The second-order valence-electron chi connectivity index (χ2n) is 8.58. The number of rotatable bonds is 3. The Labute approximate surface area is 201 Å². The number of aromatic nitrogens is 3. The molecule has 0 spiro atoms. The zero-order valence-electron chi connectivity index (χ0n) is 18.8. The van der Waals surface area contributed by atoms with Crippen LogP contribution in [0.3, 0.4) is 0 Å². The van der Waals surface area contributed by atoms with Gasteiger partial charge < -0.3 is 4.42 Å². The SMILES string of the molecule is c1ccc(-c2nc[n+](-c3ccc4cc5oc6ccccc6c5cc4c3)c(-c3ccccc3)n2)cc1. The molecule has 0 aliphatic heterocycles. The summed E-state index contributed by atoms with van der Waals surface area (Å²) in [6.45, 7) is 0. The lowest BCUT2D eigenvalue weighted by Crippen LogP contribution is -2.35. The molecule has 0 radical (unpaired) electrons. The molecular weight excluding hydrogens is 430 g/mol. The van der Waals surface area contributed by atoms with Gasteiger partial charge >= 0.3 is 5.82 Å². The fourth-order valence-electron chi connectivity index (χ4n) is 4.66. The first-order valence-corrected chi connectivity index (χ1v) is 11.6. The molecule has 5 aromatic carbocycles. The third-order valence-electron chi connectivity index (χ3n) is 6.40. The van der Waals surface area contributed by atoms with Crippen molar-refractivity contribution in [2.75, 3.05) is 0 Å². The van der Waals surface area contributed by atoms with Crippen molar-refractivity contribution in [3.8, 4) is 28.5 Å². The molecule has 0 aliphatic carbocycles. The molecule has 0 bridgehead atoms. The van der Waals surface area contributed by atoms with E-state index in [0.29, 0.717) is 5.82 Å². The molecule has 7 aromatic rings. The number of fused-ring (bicyclic) bond motifs is 4. The highest BCUT2D eigenvalue weighted by atomic mass is 16.3. The molecule has 2 heterocycles. The fourth-order valence-corrected chi connectivity index (χ4v) is 4.66. The number of furan rings is 1. The predicted octanol–water partition coefficient (Wildman–Crippen LogP) is 7.14. The highest BCUT2D eigenvalue weighted by molar-refractivity contribution is 6.10. The molecule has 0 unspecified atom stereocenters. The number of hydrogen-bond acceptors (Lipinski definition) is 3. The molecule has 0 amide bonds. The van der Waals surface area contributed by atoms with Crippen LogP contribution in [0.5, 0.6) is 0 Å². The van der Waals surface area contributed by atoms with Crippen LogP contribution in [-0.2, 0) is 0 Å².